The molecule has 1 aromatic rings. The molecule has 3 N–H and O–H groups in total. The second-order valence-corrected chi connectivity index (χ2v) is 5.39. The van der Waals surface area contributed by atoms with E-state index in [1.54, 1.807) is 6.92 Å². The van der Waals surface area contributed by atoms with Gasteiger partial charge < -0.3 is 10.4 Å². The number of aromatic nitrogens is 2. The first-order chi connectivity index (χ1) is 9.41. The zero-order valence-corrected chi connectivity index (χ0v) is 12.3. The number of nitrogens with one attached hydrogen (secondary N) is 2. The van der Waals surface area contributed by atoms with Gasteiger partial charge in [-0.25, -0.2) is 0 Å². The Balaban J connectivity index is 2.38. The average molecular weight is 281 g/mol. The minimum atomic E-state index is -0.770. The van der Waals surface area contributed by atoms with E-state index in [2.05, 4.69) is 29.4 Å². The Kier molecular flexibility index (Phi) is 6.21. The van der Waals surface area contributed by atoms with Crippen LogP contribution in [0.3, 0.4) is 0 Å². The molecule has 0 aliphatic heterocycles. The summed E-state index contributed by atoms with van der Waals surface area (Å²) >= 11 is 0. The van der Waals surface area contributed by atoms with Crippen LogP contribution in [0.1, 0.15) is 49.2 Å². The van der Waals surface area contributed by atoms with Gasteiger partial charge in [-0.05, 0) is 31.6 Å². The van der Waals surface area contributed by atoms with Crippen molar-refractivity contribution >= 4 is 11.9 Å². The lowest BCUT2D eigenvalue weighted by Crippen LogP contribution is -2.27. The summed E-state index contributed by atoms with van der Waals surface area (Å²) in [5, 5.41) is 18.1. The predicted molar refractivity (Wildman–Crippen MR) is 75.5 cm³/mol. The second kappa shape index (κ2) is 7.67. The van der Waals surface area contributed by atoms with Crippen LogP contribution in [-0.2, 0) is 4.79 Å². The fourth-order valence-electron chi connectivity index (χ4n) is 2.17. The second-order valence-electron chi connectivity index (χ2n) is 5.39. The van der Waals surface area contributed by atoms with Crippen molar-refractivity contribution in [2.45, 2.75) is 40.0 Å². The molecule has 0 aromatic carbocycles. The number of rotatable bonds is 8. The molecule has 1 aromatic heterocycles. The third-order valence-corrected chi connectivity index (χ3v) is 3.55. The number of aromatic amines is 1. The Morgan fingerprint density at radius 2 is 2.10 bits per heavy atom. The summed E-state index contributed by atoms with van der Waals surface area (Å²) in [5.41, 5.74) is 1.30. The lowest BCUT2D eigenvalue weighted by molar-refractivity contribution is -0.137. The number of hydrogen-bond donors (Lipinski definition) is 3. The van der Waals surface area contributed by atoms with Crippen molar-refractivity contribution < 1.29 is 14.7 Å². The van der Waals surface area contributed by atoms with Crippen LogP contribution in [-0.4, -0.2) is 33.7 Å². The third kappa shape index (κ3) is 5.03. The van der Waals surface area contributed by atoms with Gasteiger partial charge in [0.05, 0.1) is 11.8 Å². The lowest BCUT2D eigenvalue weighted by Gasteiger charge is -2.20. The maximum absolute atomic E-state index is 11.9. The molecule has 6 nitrogen and oxygen atoms in total. The fraction of sp³-hybridized carbons (Fsp3) is 0.643. The van der Waals surface area contributed by atoms with E-state index in [0.29, 0.717) is 30.4 Å². The highest BCUT2D eigenvalue weighted by Crippen LogP contribution is 2.20. The van der Waals surface area contributed by atoms with Gasteiger partial charge in [0.15, 0.2) is 0 Å². The molecule has 0 saturated carbocycles. The Labute approximate surface area is 119 Å². The van der Waals surface area contributed by atoms with Gasteiger partial charge in [-0.3, -0.25) is 14.7 Å². The Morgan fingerprint density at radius 3 is 2.60 bits per heavy atom. The molecule has 1 unspecified atom stereocenters. The molecule has 1 amide bonds. The minimum absolute atomic E-state index is 0.142. The summed E-state index contributed by atoms with van der Waals surface area (Å²) in [6.07, 6.45) is 3.12. The van der Waals surface area contributed by atoms with Gasteiger partial charge in [0.25, 0.3) is 5.91 Å². The molecule has 0 saturated heterocycles. The normalized spacial score (nSPS) is 12.4. The highest BCUT2D eigenvalue weighted by molar-refractivity contribution is 5.94. The molecule has 0 fully saturated rings. The molecule has 0 bridgehead atoms. The van der Waals surface area contributed by atoms with Crippen LogP contribution in [0.2, 0.25) is 0 Å². The van der Waals surface area contributed by atoms with E-state index in [1.165, 1.54) is 6.20 Å². The van der Waals surface area contributed by atoms with E-state index >= 15 is 0 Å². The largest absolute Gasteiger partial charge is 0.481 e. The fourth-order valence-corrected chi connectivity index (χ4v) is 2.17. The first kappa shape index (κ1) is 16.2. The van der Waals surface area contributed by atoms with Crippen molar-refractivity contribution in [1.82, 2.24) is 15.5 Å². The van der Waals surface area contributed by atoms with E-state index in [0.717, 1.165) is 12.1 Å². The van der Waals surface area contributed by atoms with Crippen molar-refractivity contribution in [2.24, 2.45) is 11.8 Å². The van der Waals surface area contributed by atoms with Crippen molar-refractivity contribution in [3.63, 3.8) is 0 Å². The number of carboxylic acids is 1. The molecule has 1 atom stereocenters. The molecule has 1 heterocycles. The number of nitrogens with zero attached hydrogens (tertiary/aromatic N) is 1. The average Bonchev–Trinajstić information content (AvgIpc) is 2.78. The molecule has 0 aliphatic carbocycles. The number of aryl methyl sites for hydroxylation is 1. The number of aliphatic carboxylic acids is 1. The quantitative estimate of drug-likeness (QED) is 0.679. The van der Waals surface area contributed by atoms with Gasteiger partial charge in [-0.15, -0.1) is 0 Å². The standard InChI is InChI=1S/C14H23N3O3/c1-9(2)11(4-5-13(18)19)6-7-15-14(20)12-8-16-17-10(12)3/h8-9,11H,4-7H2,1-3H3,(H,15,20)(H,16,17)(H,18,19). The molecular weight excluding hydrogens is 258 g/mol. The van der Waals surface area contributed by atoms with Crippen LogP contribution in [0.25, 0.3) is 0 Å². The number of carboxylic acid groups (broad SMARTS) is 1. The zero-order chi connectivity index (χ0) is 15.1. The maximum Gasteiger partial charge on any atom is 0.303 e. The van der Waals surface area contributed by atoms with E-state index < -0.39 is 5.97 Å². The highest BCUT2D eigenvalue weighted by atomic mass is 16.4. The number of hydrogen-bond acceptors (Lipinski definition) is 3. The van der Waals surface area contributed by atoms with Gasteiger partial charge in [-0.2, -0.15) is 5.10 Å². The molecule has 20 heavy (non-hydrogen) atoms. The third-order valence-electron chi connectivity index (χ3n) is 3.55. The van der Waals surface area contributed by atoms with E-state index in [4.69, 9.17) is 5.11 Å². The van der Waals surface area contributed by atoms with Gasteiger partial charge in [0.1, 0.15) is 0 Å². The first-order valence-electron chi connectivity index (χ1n) is 6.91. The van der Waals surface area contributed by atoms with Gasteiger partial charge in [0.2, 0.25) is 0 Å². The van der Waals surface area contributed by atoms with Crippen molar-refractivity contribution in [1.29, 1.82) is 0 Å². The Bertz CT molecular complexity index is 454. The van der Waals surface area contributed by atoms with Crippen molar-refractivity contribution in [2.75, 3.05) is 6.54 Å². The molecular formula is C14H23N3O3. The van der Waals surface area contributed by atoms with Crippen LogP contribution in [0.15, 0.2) is 6.20 Å². The van der Waals surface area contributed by atoms with E-state index in [1.807, 2.05) is 0 Å². The van der Waals surface area contributed by atoms with E-state index in [9.17, 15) is 9.59 Å². The molecule has 112 valence electrons. The molecule has 1 rings (SSSR count). The maximum atomic E-state index is 11.9. The van der Waals surface area contributed by atoms with Crippen LogP contribution >= 0.6 is 0 Å². The summed E-state index contributed by atoms with van der Waals surface area (Å²) in [7, 11) is 0. The molecule has 0 aliphatic rings. The highest BCUT2D eigenvalue weighted by Gasteiger charge is 2.16. The van der Waals surface area contributed by atoms with Crippen LogP contribution in [0.4, 0.5) is 0 Å². The predicted octanol–water partition coefficient (Wildman–Crippen LogP) is 1.98. The summed E-state index contributed by atoms with van der Waals surface area (Å²) in [5.74, 6) is -0.204. The van der Waals surface area contributed by atoms with Crippen LogP contribution in [0.5, 0.6) is 0 Å². The molecule has 6 heteroatoms. The Hall–Kier alpha value is -1.85. The zero-order valence-electron chi connectivity index (χ0n) is 12.3. The smallest absolute Gasteiger partial charge is 0.303 e. The number of carbonyl (C=O) groups is 2. The van der Waals surface area contributed by atoms with Crippen molar-refractivity contribution in [3.8, 4) is 0 Å². The number of carbonyl (C=O) groups excluding carboxylic acids is 1. The van der Waals surface area contributed by atoms with Gasteiger partial charge >= 0.3 is 5.97 Å². The van der Waals surface area contributed by atoms with Crippen molar-refractivity contribution in [3.05, 3.63) is 17.5 Å². The number of H-pyrrole nitrogens is 1. The SMILES string of the molecule is Cc1[nH]ncc1C(=O)NCCC(CCC(=O)O)C(C)C. The lowest BCUT2D eigenvalue weighted by atomic mass is 9.88. The van der Waals surface area contributed by atoms with Crippen LogP contribution < -0.4 is 5.32 Å². The minimum Gasteiger partial charge on any atom is -0.481 e. The summed E-state index contributed by atoms with van der Waals surface area (Å²) < 4.78 is 0. The molecule has 0 spiro atoms. The van der Waals surface area contributed by atoms with E-state index in [-0.39, 0.29) is 12.3 Å². The summed E-state index contributed by atoms with van der Waals surface area (Å²) in [4.78, 5) is 22.5. The monoisotopic (exact) mass is 281 g/mol. The number of amides is 1. The van der Waals surface area contributed by atoms with Crippen LogP contribution in [0, 0.1) is 18.8 Å². The summed E-state index contributed by atoms with van der Waals surface area (Å²) in [6.45, 7) is 6.50. The first-order valence-corrected chi connectivity index (χ1v) is 6.91. The van der Waals surface area contributed by atoms with Gasteiger partial charge in [0, 0.05) is 18.7 Å². The Morgan fingerprint density at radius 1 is 1.40 bits per heavy atom. The topological polar surface area (TPSA) is 95.1 Å². The molecule has 0 radical (unpaired) electrons. The van der Waals surface area contributed by atoms with Gasteiger partial charge in [-0.1, -0.05) is 13.8 Å². The summed E-state index contributed by atoms with van der Waals surface area (Å²) in [6, 6.07) is 0.